The third-order valence-electron chi connectivity index (χ3n) is 3.86. The van der Waals surface area contributed by atoms with Crippen LogP contribution in [0.3, 0.4) is 0 Å². The number of aliphatic carboxylic acids is 1. The Bertz CT molecular complexity index is 960. The Hall–Kier alpha value is -3.12. The maximum atomic E-state index is 11.5. The lowest BCUT2D eigenvalue weighted by Gasteiger charge is -2.06. The van der Waals surface area contributed by atoms with Crippen molar-refractivity contribution in [2.45, 2.75) is 6.92 Å². The summed E-state index contributed by atoms with van der Waals surface area (Å²) in [6.45, 7) is 1.16. The Morgan fingerprint density at radius 2 is 1.62 bits per heavy atom. The summed E-state index contributed by atoms with van der Waals surface area (Å²) in [5.41, 5.74) is 3.56. The van der Waals surface area contributed by atoms with E-state index in [1.54, 1.807) is 6.92 Å². The Morgan fingerprint density at radius 3 is 2.27 bits per heavy atom. The Morgan fingerprint density at radius 1 is 0.962 bits per heavy atom. The lowest BCUT2D eigenvalue weighted by molar-refractivity contribution is -0.139. The number of aromatic carboxylic acids is 1. The molecule has 0 amide bonds. The van der Waals surface area contributed by atoms with Gasteiger partial charge in [0.2, 0.25) is 0 Å². The molecule has 2 aromatic carbocycles. The molecule has 0 aliphatic rings. The van der Waals surface area contributed by atoms with Gasteiger partial charge in [-0.2, -0.15) is 0 Å². The molecule has 0 atom stereocenters. The van der Waals surface area contributed by atoms with Crippen LogP contribution in [0.25, 0.3) is 21.6 Å². The second-order valence-electron chi connectivity index (χ2n) is 5.65. The molecular formula is C20H16O5S. The van der Waals surface area contributed by atoms with Gasteiger partial charge < -0.3 is 14.9 Å². The van der Waals surface area contributed by atoms with Crippen molar-refractivity contribution in [2.75, 3.05) is 6.61 Å². The van der Waals surface area contributed by atoms with E-state index < -0.39 is 18.5 Å². The van der Waals surface area contributed by atoms with Gasteiger partial charge in [-0.15, -0.1) is 11.3 Å². The lowest BCUT2D eigenvalue weighted by Crippen LogP contribution is -2.11. The van der Waals surface area contributed by atoms with E-state index in [2.05, 4.69) is 0 Å². The van der Waals surface area contributed by atoms with Crippen molar-refractivity contribution in [1.82, 2.24) is 0 Å². The largest absolute Gasteiger partial charge is 0.480 e. The van der Waals surface area contributed by atoms with E-state index in [0.29, 0.717) is 5.56 Å². The second-order valence-corrected chi connectivity index (χ2v) is 6.67. The topological polar surface area (TPSA) is 83.8 Å². The third-order valence-corrected chi connectivity index (χ3v) is 5.17. The standard InChI is InChI=1S/C20H16O5S/c1-12-17(25-11-16(21)22)19(20(23)24)26-18(12)15-9-5-8-14(10-15)13-6-3-2-4-7-13/h2-10H,11H2,1H3,(H,21,22)(H,23,24). The highest BCUT2D eigenvalue weighted by atomic mass is 32.1. The van der Waals surface area contributed by atoms with Gasteiger partial charge in [0.25, 0.3) is 0 Å². The minimum absolute atomic E-state index is 0.00358. The highest BCUT2D eigenvalue weighted by Gasteiger charge is 2.23. The maximum Gasteiger partial charge on any atom is 0.349 e. The highest BCUT2D eigenvalue weighted by molar-refractivity contribution is 7.18. The molecule has 3 aromatic rings. The van der Waals surface area contributed by atoms with Crippen LogP contribution < -0.4 is 4.74 Å². The third kappa shape index (κ3) is 3.60. The summed E-state index contributed by atoms with van der Waals surface area (Å²) >= 11 is 1.09. The van der Waals surface area contributed by atoms with Crippen LogP contribution in [0.4, 0.5) is 0 Å². The quantitative estimate of drug-likeness (QED) is 0.667. The molecule has 26 heavy (non-hydrogen) atoms. The summed E-state index contributed by atoms with van der Waals surface area (Å²) in [5.74, 6) is -2.17. The molecule has 0 spiro atoms. The average molecular weight is 368 g/mol. The van der Waals surface area contributed by atoms with E-state index in [-0.39, 0.29) is 10.6 Å². The number of rotatable bonds is 6. The van der Waals surface area contributed by atoms with E-state index in [1.807, 2.05) is 54.6 Å². The van der Waals surface area contributed by atoms with Gasteiger partial charge in [-0.05, 0) is 29.7 Å². The number of ether oxygens (including phenoxy) is 1. The van der Waals surface area contributed by atoms with Crippen LogP contribution in [0.2, 0.25) is 0 Å². The van der Waals surface area contributed by atoms with Crippen molar-refractivity contribution in [2.24, 2.45) is 0 Å². The molecule has 5 nitrogen and oxygen atoms in total. The molecule has 1 aromatic heterocycles. The number of hydrogen-bond donors (Lipinski definition) is 2. The molecule has 0 unspecified atom stereocenters. The predicted octanol–water partition coefficient (Wildman–Crippen LogP) is 4.55. The predicted molar refractivity (Wildman–Crippen MR) is 100 cm³/mol. The number of carboxylic acids is 2. The van der Waals surface area contributed by atoms with Crippen molar-refractivity contribution >= 4 is 23.3 Å². The first-order valence-electron chi connectivity index (χ1n) is 7.84. The monoisotopic (exact) mass is 368 g/mol. The number of thiophene rings is 1. The van der Waals surface area contributed by atoms with Crippen LogP contribution >= 0.6 is 11.3 Å². The molecule has 6 heteroatoms. The van der Waals surface area contributed by atoms with E-state index in [1.165, 1.54) is 0 Å². The number of carboxylic acid groups (broad SMARTS) is 2. The van der Waals surface area contributed by atoms with Crippen LogP contribution in [0.5, 0.6) is 5.75 Å². The summed E-state index contributed by atoms with van der Waals surface area (Å²) in [4.78, 5) is 23.1. The Balaban J connectivity index is 2.06. The summed E-state index contributed by atoms with van der Waals surface area (Å²) < 4.78 is 5.24. The van der Waals surface area contributed by atoms with Crippen LogP contribution in [-0.4, -0.2) is 28.8 Å². The molecule has 0 bridgehead atoms. The normalized spacial score (nSPS) is 10.5. The summed E-state index contributed by atoms with van der Waals surface area (Å²) in [7, 11) is 0. The zero-order valence-electron chi connectivity index (χ0n) is 13.9. The van der Waals surface area contributed by atoms with Crippen LogP contribution in [0.15, 0.2) is 54.6 Å². The number of hydrogen-bond acceptors (Lipinski definition) is 4. The van der Waals surface area contributed by atoms with Crippen molar-refractivity contribution in [3.8, 4) is 27.3 Å². The minimum Gasteiger partial charge on any atom is -0.480 e. The van der Waals surface area contributed by atoms with Crippen molar-refractivity contribution in [3.63, 3.8) is 0 Å². The van der Waals surface area contributed by atoms with Crippen molar-refractivity contribution in [3.05, 3.63) is 65.0 Å². The summed E-state index contributed by atoms with van der Waals surface area (Å²) in [6, 6.07) is 17.7. The molecule has 0 saturated heterocycles. The molecule has 0 aliphatic carbocycles. The van der Waals surface area contributed by atoms with Crippen LogP contribution in [0.1, 0.15) is 15.2 Å². The summed E-state index contributed by atoms with van der Waals surface area (Å²) in [5, 5.41) is 18.2. The fourth-order valence-electron chi connectivity index (χ4n) is 2.69. The Labute approximate surface area is 154 Å². The van der Waals surface area contributed by atoms with E-state index in [4.69, 9.17) is 9.84 Å². The second kappa shape index (κ2) is 7.41. The molecule has 2 N–H and O–H groups in total. The number of benzene rings is 2. The van der Waals surface area contributed by atoms with Gasteiger partial charge in [0.05, 0.1) is 0 Å². The van der Waals surface area contributed by atoms with E-state index in [0.717, 1.165) is 32.9 Å². The minimum atomic E-state index is -1.15. The lowest BCUT2D eigenvalue weighted by atomic mass is 10.0. The van der Waals surface area contributed by atoms with Crippen LogP contribution in [0, 0.1) is 6.92 Å². The van der Waals surface area contributed by atoms with Crippen molar-refractivity contribution in [1.29, 1.82) is 0 Å². The van der Waals surface area contributed by atoms with Gasteiger partial charge in [0, 0.05) is 10.4 Å². The average Bonchev–Trinajstić information content (AvgIpc) is 2.97. The zero-order chi connectivity index (χ0) is 18.7. The van der Waals surface area contributed by atoms with Gasteiger partial charge >= 0.3 is 11.9 Å². The molecule has 0 radical (unpaired) electrons. The van der Waals surface area contributed by atoms with E-state index >= 15 is 0 Å². The highest BCUT2D eigenvalue weighted by Crippen LogP contribution is 2.42. The van der Waals surface area contributed by atoms with Gasteiger partial charge in [-0.25, -0.2) is 9.59 Å². The maximum absolute atomic E-state index is 11.5. The molecule has 132 valence electrons. The fourth-order valence-corrected chi connectivity index (χ4v) is 3.78. The molecule has 0 fully saturated rings. The Kier molecular flexibility index (Phi) is 5.04. The van der Waals surface area contributed by atoms with E-state index in [9.17, 15) is 14.7 Å². The van der Waals surface area contributed by atoms with Gasteiger partial charge in [0.1, 0.15) is 5.75 Å². The molecular weight excluding hydrogens is 352 g/mol. The van der Waals surface area contributed by atoms with Gasteiger partial charge in [-0.3, -0.25) is 0 Å². The molecule has 0 saturated carbocycles. The molecule has 0 aliphatic heterocycles. The first kappa shape index (κ1) is 17.7. The van der Waals surface area contributed by atoms with Gasteiger partial charge in [-0.1, -0.05) is 48.5 Å². The van der Waals surface area contributed by atoms with Gasteiger partial charge in [0.15, 0.2) is 11.5 Å². The SMILES string of the molecule is Cc1c(-c2cccc(-c3ccccc3)c2)sc(C(=O)O)c1OCC(=O)O. The van der Waals surface area contributed by atoms with Crippen LogP contribution in [-0.2, 0) is 4.79 Å². The first-order valence-corrected chi connectivity index (χ1v) is 8.66. The number of carbonyl (C=O) groups is 2. The molecule has 1 heterocycles. The fraction of sp³-hybridized carbons (Fsp3) is 0.100. The zero-order valence-corrected chi connectivity index (χ0v) is 14.7. The van der Waals surface area contributed by atoms with Crippen molar-refractivity contribution < 1.29 is 24.5 Å². The first-order chi connectivity index (χ1) is 12.5. The summed E-state index contributed by atoms with van der Waals surface area (Å²) in [6.07, 6.45) is 0. The smallest absolute Gasteiger partial charge is 0.349 e. The molecule has 3 rings (SSSR count).